The number of nitrogens with two attached hydrogens (primary N) is 1. The molecule has 0 amide bonds. The van der Waals surface area contributed by atoms with Crippen molar-refractivity contribution in [3.63, 3.8) is 0 Å². The van der Waals surface area contributed by atoms with Crippen LogP contribution in [0, 0.1) is 0 Å². The fraction of sp³-hybridized carbons (Fsp3) is 0.647. The lowest BCUT2D eigenvalue weighted by molar-refractivity contribution is 0.208. The van der Waals surface area contributed by atoms with Crippen LogP contribution in [0.2, 0.25) is 0 Å². The van der Waals surface area contributed by atoms with Crippen LogP contribution in [-0.2, 0) is 13.1 Å². The van der Waals surface area contributed by atoms with Gasteiger partial charge in [0.05, 0.1) is 7.11 Å². The molecule has 1 heterocycles. The van der Waals surface area contributed by atoms with Crippen LogP contribution in [0.3, 0.4) is 0 Å². The van der Waals surface area contributed by atoms with Crippen LogP contribution >= 0.6 is 0 Å². The number of likely N-dealkylation sites (tertiary alicyclic amines) is 1. The van der Waals surface area contributed by atoms with Gasteiger partial charge in [-0.25, -0.2) is 0 Å². The van der Waals surface area contributed by atoms with Crippen molar-refractivity contribution in [1.82, 2.24) is 9.80 Å². The van der Waals surface area contributed by atoms with E-state index in [4.69, 9.17) is 10.5 Å². The summed E-state index contributed by atoms with van der Waals surface area (Å²) in [6.45, 7) is 10.6. The van der Waals surface area contributed by atoms with E-state index in [1.54, 1.807) is 7.11 Å². The van der Waals surface area contributed by atoms with Gasteiger partial charge in [0.15, 0.2) is 0 Å². The Hall–Kier alpha value is -1.10. The largest absolute Gasteiger partial charge is 0.496 e. The minimum atomic E-state index is 0.582. The van der Waals surface area contributed by atoms with E-state index in [2.05, 4.69) is 29.7 Å². The van der Waals surface area contributed by atoms with Gasteiger partial charge in [-0.05, 0) is 37.2 Å². The molecule has 1 saturated heterocycles. The maximum absolute atomic E-state index is 5.76. The van der Waals surface area contributed by atoms with Crippen molar-refractivity contribution in [3.05, 3.63) is 29.3 Å². The molecule has 118 valence electrons. The van der Waals surface area contributed by atoms with Gasteiger partial charge in [-0.2, -0.15) is 0 Å². The minimum absolute atomic E-state index is 0.582. The third-order valence-electron chi connectivity index (χ3n) is 4.55. The smallest absolute Gasteiger partial charge is 0.123 e. The zero-order valence-corrected chi connectivity index (χ0v) is 13.6. The molecular formula is C17H29N3O. The fourth-order valence-corrected chi connectivity index (χ4v) is 3.32. The molecule has 0 radical (unpaired) electrons. The van der Waals surface area contributed by atoms with E-state index in [9.17, 15) is 0 Å². The van der Waals surface area contributed by atoms with E-state index >= 15 is 0 Å². The predicted octanol–water partition coefficient (Wildman–Crippen LogP) is 2.07. The third kappa shape index (κ3) is 3.96. The number of hydrogen-bond donors (Lipinski definition) is 1. The minimum Gasteiger partial charge on any atom is -0.496 e. The van der Waals surface area contributed by atoms with Gasteiger partial charge < -0.3 is 10.5 Å². The highest BCUT2D eigenvalue weighted by Crippen LogP contribution is 2.24. The standard InChI is InChI=1S/C17H29N3O/c1-4-20(5-2)16-8-9-19(13-16)12-15-10-14(11-18)6-7-17(15)21-3/h6-7,10,16H,4-5,8-9,11-13,18H2,1-3H3. The zero-order valence-electron chi connectivity index (χ0n) is 13.6. The Kier molecular flexibility index (Phi) is 6.03. The first-order valence-corrected chi connectivity index (χ1v) is 8.04. The average Bonchev–Trinajstić information content (AvgIpc) is 2.97. The molecule has 21 heavy (non-hydrogen) atoms. The maximum Gasteiger partial charge on any atom is 0.123 e. The van der Waals surface area contributed by atoms with E-state index in [0.29, 0.717) is 12.6 Å². The van der Waals surface area contributed by atoms with Crippen LogP contribution < -0.4 is 10.5 Å². The molecule has 0 spiro atoms. The molecule has 2 rings (SSSR count). The summed E-state index contributed by atoms with van der Waals surface area (Å²) in [6, 6.07) is 6.97. The molecule has 1 atom stereocenters. The molecule has 1 aliphatic heterocycles. The number of benzene rings is 1. The fourth-order valence-electron chi connectivity index (χ4n) is 3.32. The molecule has 1 aromatic rings. The summed E-state index contributed by atoms with van der Waals surface area (Å²) in [7, 11) is 1.74. The molecule has 1 aromatic carbocycles. The predicted molar refractivity (Wildman–Crippen MR) is 87.5 cm³/mol. The normalized spacial score (nSPS) is 19.4. The van der Waals surface area contributed by atoms with Crippen molar-refractivity contribution in [3.8, 4) is 5.75 Å². The molecule has 2 N–H and O–H groups in total. The second-order valence-electron chi connectivity index (χ2n) is 5.75. The first-order chi connectivity index (χ1) is 10.2. The van der Waals surface area contributed by atoms with Gasteiger partial charge in [-0.1, -0.05) is 19.9 Å². The summed E-state index contributed by atoms with van der Waals surface area (Å²) in [6.07, 6.45) is 1.26. The maximum atomic E-state index is 5.76. The summed E-state index contributed by atoms with van der Waals surface area (Å²) in [5.74, 6) is 0.971. The number of likely N-dealkylation sites (N-methyl/N-ethyl adjacent to an activating group) is 1. The number of rotatable bonds is 7. The van der Waals surface area contributed by atoms with Crippen molar-refractivity contribution < 1.29 is 4.74 Å². The van der Waals surface area contributed by atoms with Crippen LogP contribution in [0.15, 0.2) is 18.2 Å². The topological polar surface area (TPSA) is 41.7 Å². The highest BCUT2D eigenvalue weighted by Gasteiger charge is 2.26. The van der Waals surface area contributed by atoms with Gasteiger partial charge in [0, 0.05) is 37.8 Å². The number of methoxy groups -OCH3 is 1. The number of ether oxygens (including phenoxy) is 1. The van der Waals surface area contributed by atoms with Crippen molar-refractivity contribution in [2.24, 2.45) is 5.73 Å². The van der Waals surface area contributed by atoms with E-state index < -0.39 is 0 Å². The number of nitrogens with zero attached hydrogens (tertiary/aromatic N) is 2. The monoisotopic (exact) mass is 291 g/mol. The van der Waals surface area contributed by atoms with Crippen LogP contribution in [0.1, 0.15) is 31.4 Å². The second kappa shape index (κ2) is 7.78. The number of hydrogen-bond acceptors (Lipinski definition) is 4. The molecule has 0 aliphatic carbocycles. The van der Waals surface area contributed by atoms with E-state index in [0.717, 1.165) is 38.5 Å². The van der Waals surface area contributed by atoms with E-state index in [-0.39, 0.29) is 0 Å². The van der Waals surface area contributed by atoms with Crippen molar-refractivity contribution >= 4 is 0 Å². The lowest BCUT2D eigenvalue weighted by Gasteiger charge is -2.26. The van der Waals surface area contributed by atoms with Gasteiger partial charge in [0.25, 0.3) is 0 Å². The first kappa shape index (κ1) is 16.3. The molecular weight excluding hydrogens is 262 g/mol. The van der Waals surface area contributed by atoms with Gasteiger partial charge in [-0.3, -0.25) is 9.80 Å². The van der Waals surface area contributed by atoms with Gasteiger partial charge in [0.1, 0.15) is 5.75 Å². The lowest BCUT2D eigenvalue weighted by Crippen LogP contribution is -2.37. The Labute approximate surface area is 128 Å². The summed E-state index contributed by atoms with van der Waals surface area (Å²) >= 11 is 0. The summed E-state index contributed by atoms with van der Waals surface area (Å²) in [4.78, 5) is 5.09. The Morgan fingerprint density at radius 3 is 2.71 bits per heavy atom. The molecule has 1 fully saturated rings. The molecule has 4 nitrogen and oxygen atoms in total. The van der Waals surface area contributed by atoms with Crippen LogP contribution in [0.4, 0.5) is 0 Å². The van der Waals surface area contributed by atoms with Gasteiger partial charge >= 0.3 is 0 Å². The Morgan fingerprint density at radius 1 is 1.33 bits per heavy atom. The summed E-state index contributed by atoms with van der Waals surface area (Å²) in [5, 5.41) is 0. The van der Waals surface area contributed by atoms with E-state index in [1.165, 1.54) is 17.5 Å². The van der Waals surface area contributed by atoms with Crippen molar-refractivity contribution in [2.75, 3.05) is 33.3 Å². The van der Waals surface area contributed by atoms with E-state index in [1.807, 2.05) is 12.1 Å². The summed E-state index contributed by atoms with van der Waals surface area (Å²) < 4.78 is 5.49. The van der Waals surface area contributed by atoms with Crippen molar-refractivity contribution in [1.29, 1.82) is 0 Å². The van der Waals surface area contributed by atoms with Crippen LogP contribution in [0.25, 0.3) is 0 Å². The SMILES string of the molecule is CCN(CC)C1CCN(Cc2cc(CN)ccc2OC)C1. The van der Waals surface area contributed by atoms with Gasteiger partial charge in [-0.15, -0.1) is 0 Å². The quantitative estimate of drug-likeness (QED) is 0.835. The van der Waals surface area contributed by atoms with Crippen LogP contribution in [-0.4, -0.2) is 49.1 Å². The van der Waals surface area contributed by atoms with Crippen LogP contribution in [0.5, 0.6) is 5.75 Å². The Morgan fingerprint density at radius 2 is 2.10 bits per heavy atom. The molecule has 0 aromatic heterocycles. The highest BCUT2D eigenvalue weighted by molar-refractivity contribution is 5.37. The molecule has 1 unspecified atom stereocenters. The Bertz CT molecular complexity index is 446. The lowest BCUT2D eigenvalue weighted by atomic mass is 10.1. The molecule has 4 heteroatoms. The molecule has 1 aliphatic rings. The average molecular weight is 291 g/mol. The molecule has 0 saturated carbocycles. The first-order valence-electron chi connectivity index (χ1n) is 8.04. The summed E-state index contributed by atoms with van der Waals surface area (Å²) in [5.41, 5.74) is 8.18. The van der Waals surface area contributed by atoms with Crippen molar-refractivity contribution in [2.45, 2.75) is 39.4 Å². The Balaban J connectivity index is 2.02. The highest BCUT2D eigenvalue weighted by atomic mass is 16.5. The third-order valence-corrected chi connectivity index (χ3v) is 4.55. The molecule has 0 bridgehead atoms. The van der Waals surface area contributed by atoms with Gasteiger partial charge in [0.2, 0.25) is 0 Å². The second-order valence-corrected chi connectivity index (χ2v) is 5.75. The zero-order chi connectivity index (χ0) is 15.2.